The fourth-order valence-corrected chi connectivity index (χ4v) is 1.86. The molecule has 0 aromatic rings. The van der Waals surface area contributed by atoms with E-state index in [0.29, 0.717) is 31.9 Å². The van der Waals surface area contributed by atoms with Crippen molar-refractivity contribution in [2.45, 2.75) is 25.5 Å². The first-order chi connectivity index (χ1) is 11.5. The van der Waals surface area contributed by atoms with Crippen molar-refractivity contribution >= 4 is 5.91 Å². The van der Waals surface area contributed by atoms with Crippen LogP contribution in [0.5, 0.6) is 0 Å². The third-order valence-electron chi connectivity index (χ3n) is 3.15. The number of nitrogens with zero attached hydrogens (tertiary/aromatic N) is 3. The van der Waals surface area contributed by atoms with Crippen LogP contribution in [0.2, 0.25) is 0 Å². The van der Waals surface area contributed by atoms with E-state index in [1.165, 1.54) is 0 Å². The van der Waals surface area contributed by atoms with Gasteiger partial charge in [0, 0.05) is 29.6 Å². The van der Waals surface area contributed by atoms with Gasteiger partial charge in [0.1, 0.15) is 5.60 Å². The van der Waals surface area contributed by atoms with Crippen LogP contribution in [-0.2, 0) is 14.3 Å². The molecule has 8 nitrogen and oxygen atoms in total. The Balaban J connectivity index is 2.39. The van der Waals surface area contributed by atoms with E-state index in [2.05, 4.69) is 15.3 Å². The molecule has 0 bridgehead atoms. The maximum atomic E-state index is 12.1. The van der Waals surface area contributed by atoms with Crippen LogP contribution in [0.3, 0.4) is 0 Å². The molecule has 0 spiro atoms. The average molecular weight is 335 g/mol. The fourth-order valence-electron chi connectivity index (χ4n) is 1.86. The van der Waals surface area contributed by atoms with Gasteiger partial charge in [0.15, 0.2) is 0 Å². The Hall–Kier alpha value is -2.12. The molecule has 0 saturated carbocycles. The minimum absolute atomic E-state index is 0.0542. The highest BCUT2D eigenvalue weighted by Gasteiger charge is 2.20. The first-order valence-electron chi connectivity index (χ1n) is 7.82. The normalized spacial score (nSPS) is 20.7. The number of allylic oxidation sites excluding steroid dienone is 2. The number of amides is 1. The van der Waals surface area contributed by atoms with Crippen LogP contribution in [0, 0.1) is 0 Å². The Labute approximate surface area is 142 Å². The Morgan fingerprint density at radius 1 is 1.50 bits per heavy atom. The second-order valence-corrected chi connectivity index (χ2v) is 5.61. The van der Waals surface area contributed by atoms with Crippen LogP contribution in [-0.4, -0.2) is 50.5 Å². The molecule has 2 unspecified atom stereocenters. The molecule has 0 radical (unpaired) electrons. The summed E-state index contributed by atoms with van der Waals surface area (Å²) in [6.45, 7) is 5.56. The Kier molecular flexibility index (Phi) is 8.81. The Morgan fingerprint density at radius 3 is 3.00 bits per heavy atom. The molecule has 0 aliphatic heterocycles. The summed E-state index contributed by atoms with van der Waals surface area (Å²) in [4.78, 5) is 14.7. The zero-order valence-corrected chi connectivity index (χ0v) is 14.1. The largest absolute Gasteiger partial charge is 0.379 e. The van der Waals surface area contributed by atoms with Crippen molar-refractivity contribution in [2.75, 3.05) is 32.9 Å². The number of azide groups is 1. The van der Waals surface area contributed by atoms with Crippen LogP contribution >= 0.6 is 0 Å². The number of carbonyl (C=O) groups excluding carboxylic acids is 1. The van der Waals surface area contributed by atoms with Gasteiger partial charge in [-0.3, -0.25) is 4.79 Å². The summed E-state index contributed by atoms with van der Waals surface area (Å²) < 4.78 is 11.0. The molecule has 0 aromatic carbocycles. The zero-order chi connectivity index (χ0) is 17.8. The number of ether oxygens (including phenoxy) is 2. The number of carbonyl (C=O) groups is 1. The van der Waals surface area contributed by atoms with E-state index in [1.54, 1.807) is 18.2 Å². The van der Waals surface area contributed by atoms with Crippen molar-refractivity contribution in [3.63, 3.8) is 0 Å². The lowest BCUT2D eigenvalue weighted by molar-refractivity contribution is -0.117. The predicted molar refractivity (Wildman–Crippen MR) is 92.2 cm³/mol. The van der Waals surface area contributed by atoms with Crippen molar-refractivity contribution in [2.24, 2.45) is 10.8 Å². The quantitative estimate of drug-likeness (QED) is 0.272. The van der Waals surface area contributed by atoms with Crippen LogP contribution in [0.25, 0.3) is 10.4 Å². The molecule has 8 heteroatoms. The first-order valence-corrected chi connectivity index (χ1v) is 7.82. The summed E-state index contributed by atoms with van der Waals surface area (Å²) in [5.74, 6) is -0.189. The molecule has 0 aromatic heterocycles. The molecule has 1 aliphatic carbocycles. The first kappa shape index (κ1) is 19.9. The van der Waals surface area contributed by atoms with Gasteiger partial charge in [-0.15, -0.1) is 0 Å². The monoisotopic (exact) mass is 335 g/mol. The molecule has 0 fully saturated rings. The minimum atomic E-state index is -0.587. The lowest BCUT2D eigenvalue weighted by Crippen LogP contribution is -2.31. The maximum absolute atomic E-state index is 12.1. The van der Waals surface area contributed by atoms with Crippen LogP contribution in [0.15, 0.2) is 41.1 Å². The second kappa shape index (κ2) is 10.6. The molecule has 2 atom stereocenters. The lowest BCUT2D eigenvalue weighted by Gasteiger charge is -2.23. The van der Waals surface area contributed by atoms with E-state index in [-0.39, 0.29) is 18.5 Å². The molecule has 1 amide bonds. The lowest BCUT2D eigenvalue weighted by atomic mass is 10.1. The SMILES string of the molecule is CC(N)COC1(C)C=CC=C(C(=O)NCCOCCN=[N+]=[N-])C=C1. The fraction of sp³-hybridized carbons (Fsp3) is 0.562. The number of nitrogens with two attached hydrogens (primary N) is 1. The smallest absolute Gasteiger partial charge is 0.251 e. The van der Waals surface area contributed by atoms with E-state index in [1.807, 2.05) is 26.0 Å². The molecular formula is C16H25N5O3. The van der Waals surface area contributed by atoms with Crippen molar-refractivity contribution < 1.29 is 14.3 Å². The highest BCUT2D eigenvalue weighted by atomic mass is 16.5. The summed E-state index contributed by atoms with van der Waals surface area (Å²) in [7, 11) is 0. The zero-order valence-electron chi connectivity index (χ0n) is 14.1. The van der Waals surface area contributed by atoms with Gasteiger partial charge < -0.3 is 20.5 Å². The average Bonchev–Trinajstić information content (AvgIpc) is 2.74. The van der Waals surface area contributed by atoms with Gasteiger partial charge in [-0.1, -0.05) is 17.3 Å². The van der Waals surface area contributed by atoms with Crippen LogP contribution in [0.4, 0.5) is 0 Å². The van der Waals surface area contributed by atoms with Gasteiger partial charge in [-0.2, -0.15) is 0 Å². The second-order valence-electron chi connectivity index (χ2n) is 5.61. The van der Waals surface area contributed by atoms with E-state index < -0.39 is 5.60 Å². The Bertz CT molecular complexity index is 550. The molecule has 1 rings (SSSR count). The highest BCUT2D eigenvalue weighted by molar-refractivity contribution is 5.96. The molecule has 0 saturated heterocycles. The molecule has 132 valence electrons. The van der Waals surface area contributed by atoms with E-state index >= 15 is 0 Å². The van der Waals surface area contributed by atoms with Gasteiger partial charge >= 0.3 is 0 Å². The Morgan fingerprint density at radius 2 is 2.29 bits per heavy atom. The van der Waals surface area contributed by atoms with Crippen molar-refractivity contribution in [1.82, 2.24) is 5.32 Å². The summed E-state index contributed by atoms with van der Waals surface area (Å²) in [5, 5.41) is 6.12. The van der Waals surface area contributed by atoms with Crippen LogP contribution < -0.4 is 11.1 Å². The molecule has 24 heavy (non-hydrogen) atoms. The molecule has 0 heterocycles. The van der Waals surface area contributed by atoms with Crippen molar-refractivity contribution in [3.8, 4) is 0 Å². The third-order valence-corrected chi connectivity index (χ3v) is 3.15. The number of nitrogens with one attached hydrogen (secondary N) is 1. The summed E-state index contributed by atoms with van der Waals surface area (Å²) in [6.07, 6.45) is 8.98. The van der Waals surface area contributed by atoms with Gasteiger partial charge in [-0.05, 0) is 37.6 Å². The summed E-state index contributed by atoms with van der Waals surface area (Å²) in [6, 6.07) is -0.0542. The van der Waals surface area contributed by atoms with Gasteiger partial charge in [0.05, 0.1) is 19.8 Å². The van der Waals surface area contributed by atoms with E-state index in [9.17, 15) is 4.79 Å². The minimum Gasteiger partial charge on any atom is -0.379 e. The standard InChI is InChI=1S/C16H25N5O3/c1-13(17)12-24-16(2)6-3-4-14(5-7-16)15(22)19-8-10-23-11-9-20-21-18/h3-7,13H,8-12,17H2,1-2H3,(H,19,22). The molecule has 3 N–H and O–H groups in total. The molecular weight excluding hydrogens is 310 g/mol. The van der Waals surface area contributed by atoms with Gasteiger partial charge in [0.2, 0.25) is 0 Å². The highest BCUT2D eigenvalue weighted by Crippen LogP contribution is 2.19. The number of hydrogen-bond donors (Lipinski definition) is 2. The third kappa shape index (κ3) is 7.94. The topological polar surface area (TPSA) is 122 Å². The van der Waals surface area contributed by atoms with E-state index in [0.717, 1.165) is 0 Å². The summed E-state index contributed by atoms with van der Waals surface area (Å²) in [5.41, 5.74) is 13.8. The van der Waals surface area contributed by atoms with Crippen LogP contribution in [0.1, 0.15) is 13.8 Å². The number of hydrogen-bond acceptors (Lipinski definition) is 5. The van der Waals surface area contributed by atoms with Crippen molar-refractivity contribution in [1.29, 1.82) is 0 Å². The maximum Gasteiger partial charge on any atom is 0.251 e. The number of rotatable bonds is 10. The van der Waals surface area contributed by atoms with Gasteiger partial charge in [-0.25, -0.2) is 0 Å². The molecule has 1 aliphatic rings. The predicted octanol–water partition coefficient (Wildman–Crippen LogP) is 1.60. The van der Waals surface area contributed by atoms with Gasteiger partial charge in [0.25, 0.3) is 5.91 Å². The van der Waals surface area contributed by atoms with E-state index in [4.69, 9.17) is 20.7 Å². The summed E-state index contributed by atoms with van der Waals surface area (Å²) >= 11 is 0. The van der Waals surface area contributed by atoms with Crippen molar-refractivity contribution in [3.05, 3.63) is 46.4 Å².